The van der Waals surface area contributed by atoms with Gasteiger partial charge in [0.2, 0.25) is 0 Å². The molecule has 1 fully saturated rings. The topological polar surface area (TPSA) is 35.5 Å². The molecule has 0 aromatic heterocycles. The van der Waals surface area contributed by atoms with Crippen molar-refractivity contribution in [2.24, 2.45) is 11.3 Å². The normalized spacial score (nSPS) is 22.3. The lowest BCUT2D eigenvalue weighted by atomic mass is 9.85. The molecule has 1 heterocycles. The highest BCUT2D eigenvalue weighted by molar-refractivity contribution is 4.82. The number of likely N-dealkylation sites (tertiary alicyclic amines) is 1. The maximum atomic E-state index is 9.17. The Morgan fingerprint density at radius 3 is 2.39 bits per heavy atom. The van der Waals surface area contributed by atoms with E-state index in [4.69, 9.17) is 0 Å². The summed E-state index contributed by atoms with van der Waals surface area (Å²) >= 11 is 0. The van der Waals surface area contributed by atoms with Crippen LogP contribution in [0.2, 0.25) is 0 Å². The van der Waals surface area contributed by atoms with Crippen LogP contribution in [0, 0.1) is 11.3 Å². The number of hydrogen-bond donors (Lipinski definition) is 2. The van der Waals surface area contributed by atoms with Crippen LogP contribution in [0.25, 0.3) is 0 Å². The van der Waals surface area contributed by atoms with Gasteiger partial charge in [0.25, 0.3) is 0 Å². The Labute approximate surface area is 113 Å². The molecule has 108 valence electrons. The Morgan fingerprint density at radius 1 is 1.33 bits per heavy atom. The summed E-state index contributed by atoms with van der Waals surface area (Å²) in [6.07, 6.45) is 3.54. The summed E-state index contributed by atoms with van der Waals surface area (Å²) in [6, 6.07) is 0.566. The van der Waals surface area contributed by atoms with Crippen LogP contribution < -0.4 is 5.32 Å². The highest BCUT2D eigenvalue weighted by Crippen LogP contribution is 2.25. The molecule has 0 bridgehead atoms. The lowest BCUT2D eigenvalue weighted by molar-refractivity contribution is 0.0914. The molecule has 1 aliphatic rings. The monoisotopic (exact) mass is 256 g/mol. The third kappa shape index (κ3) is 5.25. The Morgan fingerprint density at radius 2 is 1.94 bits per heavy atom. The summed E-state index contributed by atoms with van der Waals surface area (Å²) < 4.78 is 0. The van der Waals surface area contributed by atoms with E-state index >= 15 is 0 Å². The first-order valence-corrected chi connectivity index (χ1v) is 7.55. The van der Waals surface area contributed by atoms with Crippen LogP contribution in [-0.4, -0.2) is 48.8 Å². The molecule has 18 heavy (non-hydrogen) atoms. The van der Waals surface area contributed by atoms with Crippen molar-refractivity contribution < 1.29 is 5.11 Å². The molecule has 1 saturated heterocycles. The lowest BCUT2D eigenvalue weighted by Crippen LogP contribution is -2.46. The largest absolute Gasteiger partial charge is 0.396 e. The molecular formula is C15H32N2O. The summed E-state index contributed by atoms with van der Waals surface area (Å²) in [6.45, 7) is 14.1. The van der Waals surface area contributed by atoms with E-state index in [-0.39, 0.29) is 0 Å². The number of rotatable bonds is 7. The molecule has 1 unspecified atom stereocenters. The third-order valence-corrected chi connectivity index (χ3v) is 4.36. The van der Waals surface area contributed by atoms with Crippen molar-refractivity contribution >= 4 is 0 Å². The van der Waals surface area contributed by atoms with Gasteiger partial charge in [-0.3, -0.25) is 0 Å². The zero-order valence-corrected chi connectivity index (χ0v) is 12.7. The third-order valence-electron chi connectivity index (χ3n) is 4.36. The Kier molecular flexibility index (Phi) is 6.61. The Bertz CT molecular complexity index is 225. The van der Waals surface area contributed by atoms with Crippen LogP contribution in [0.5, 0.6) is 0 Å². The van der Waals surface area contributed by atoms with E-state index in [0.717, 1.165) is 32.5 Å². The molecule has 0 aliphatic carbocycles. The average Bonchev–Trinajstić information content (AvgIpc) is 2.37. The highest BCUT2D eigenvalue weighted by atomic mass is 16.3. The molecule has 0 spiro atoms. The van der Waals surface area contributed by atoms with Crippen molar-refractivity contribution in [3.8, 4) is 0 Å². The van der Waals surface area contributed by atoms with Crippen LogP contribution in [-0.2, 0) is 0 Å². The second-order valence-corrected chi connectivity index (χ2v) is 6.60. The fourth-order valence-electron chi connectivity index (χ4n) is 2.61. The summed E-state index contributed by atoms with van der Waals surface area (Å²) in [5.41, 5.74) is 0.371. The fourth-order valence-corrected chi connectivity index (χ4v) is 2.61. The summed E-state index contributed by atoms with van der Waals surface area (Å²) in [7, 11) is 0. The van der Waals surface area contributed by atoms with Gasteiger partial charge in [-0.25, -0.2) is 0 Å². The first-order valence-electron chi connectivity index (χ1n) is 7.55. The van der Waals surface area contributed by atoms with Crippen molar-refractivity contribution in [3.63, 3.8) is 0 Å². The van der Waals surface area contributed by atoms with E-state index in [0.29, 0.717) is 24.0 Å². The van der Waals surface area contributed by atoms with Gasteiger partial charge in [-0.1, -0.05) is 27.7 Å². The number of aliphatic hydroxyl groups excluding tert-OH is 1. The number of hydrogen-bond acceptors (Lipinski definition) is 3. The van der Waals surface area contributed by atoms with Crippen molar-refractivity contribution in [1.29, 1.82) is 0 Å². The zero-order chi connectivity index (χ0) is 13.6. The number of nitrogens with zero attached hydrogens (tertiary/aromatic N) is 1. The minimum Gasteiger partial charge on any atom is -0.396 e. The van der Waals surface area contributed by atoms with E-state index in [1.165, 1.54) is 13.0 Å². The van der Waals surface area contributed by atoms with E-state index in [1.807, 2.05) is 0 Å². The first kappa shape index (κ1) is 15.9. The summed E-state index contributed by atoms with van der Waals surface area (Å²) in [5, 5.41) is 12.8. The molecule has 3 heteroatoms. The zero-order valence-electron chi connectivity index (χ0n) is 12.7. The molecule has 0 saturated carbocycles. The van der Waals surface area contributed by atoms with Gasteiger partial charge in [0, 0.05) is 25.7 Å². The van der Waals surface area contributed by atoms with Gasteiger partial charge in [0.15, 0.2) is 0 Å². The van der Waals surface area contributed by atoms with Crippen LogP contribution in [0.4, 0.5) is 0 Å². The Balaban J connectivity index is 2.38. The van der Waals surface area contributed by atoms with Gasteiger partial charge in [-0.05, 0) is 43.7 Å². The quantitative estimate of drug-likeness (QED) is 0.732. The maximum Gasteiger partial charge on any atom is 0.0460 e. The highest BCUT2D eigenvalue weighted by Gasteiger charge is 2.27. The van der Waals surface area contributed by atoms with Crippen LogP contribution >= 0.6 is 0 Å². The van der Waals surface area contributed by atoms with E-state index in [9.17, 15) is 5.11 Å². The van der Waals surface area contributed by atoms with Gasteiger partial charge in [-0.2, -0.15) is 0 Å². The van der Waals surface area contributed by atoms with Gasteiger partial charge in [0.1, 0.15) is 0 Å². The predicted octanol–water partition coefficient (Wildman–Crippen LogP) is 2.10. The van der Waals surface area contributed by atoms with Crippen LogP contribution in [0.15, 0.2) is 0 Å². The standard InChI is InChI=1S/C15H32N2O/c1-5-15(4,11-16-13(2)3)12-17-8-6-14(10-18)7-9-17/h13-14,16,18H,5-12H2,1-4H3. The summed E-state index contributed by atoms with van der Waals surface area (Å²) in [4.78, 5) is 2.58. The summed E-state index contributed by atoms with van der Waals surface area (Å²) in [5.74, 6) is 0.544. The lowest BCUT2D eigenvalue weighted by Gasteiger charge is -2.39. The minimum absolute atomic E-state index is 0.369. The second-order valence-electron chi connectivity index (χ2n) is 6.60. The Hall–Kier alpha value is -0.120. The average molecular weight is 256 g/mol. The molecule has 0 aromatic carbocycles. The van der Waals surface area contributed by atoms with Crippen molar-refractivity contribution in [2.45, 2.75) is 53.0 Å². The molecule has 0 aromatic rings. The van der Waals surface area contributed by atoms with Crippen molar-refractivity contribution in [3.05, 3.63) is 0 Å². The second kappa shape index (κ2) is 7.46. The van der Waals surface area contributed by atoms with Gasteiger partial charge in [0.05, 0.1) is 0 Å². The van der Waals surface area contributed by atoms with E-state index < -0.39 is 0 Å². The number of piperidine rings is 1. The molecule has 1 atom stereocenters. The van der Waals surface area contributed by atoms with Crippen LogP contribution in [0.1, 0.15) is 47.0 Å². The molecular weight excluding hydrogens is 224 g/mol. The molecule has 2 N–H and O–H groups in total. The number of aliphatic hydroxyl groups is 1. The predicted molar refractivity (Wildman–Crippen MR) is 77.8 cm³/mol. The smallest absolute Gasteiger partial charge is 0.0460 e. The maximum absolute atomic E-state index is 9.17. The van der Waals surface area contributed by atoms with Gasteiger partial charge < -0.3 is 15.3 Å². The minimum atomic E-state index is 0.369. The molecule has 3 nitrogen and oxygen atoms in total. The first-order chi connectivity index (χ1) is 8.49. The van der Waals surface area contributed by atoms with Crippen LogP contribution in [0.3, 0.4) is 0 Å². The number of nitrogens with one attached hydrogen (secondary N) is 1. The fraction of sp³-hybridized carbons (Fsp3) is 1.00. The molecule has 0 radical (unpaired) electrons. The molecule has 0 amide bonds. The van der Waals surface area contributed by atoms with Crippen molar-refractivity contribution in [1.82, 2.24) is 10.2 Å². The van der Waals surface area contributed by atoms with E-state index in [1.54, 1.807) is 0 Å². The van der Waals surface area contributed by atoms with Gasteiger partial charge in [-0.15, -0.1) is 0 Å². The SMILES string of the molecule is CCC(C)(CNC(C)C)CN1CCC(CO)CC1. The van der Waals surface area contributed by atoms with Gasteiger partial charge >= 0.3 is 0 Å². The van der Waals surface area contributed by atoms with Crippen molar-refractivity contribution in [2.75, 3.05) is 32.8 Å². The molecule has 1 rings (SSSR count). The molecule has 1 aliphatic heterocycles. The van der Waals surface area contributed by atoms with E-state index in [2.05, 4.69) is 37.9 Å².